The summed E-state index contributed by atoms with van der Waals surface area (Å²) in [4.78, 5) is 19.9. The van der Waals surface area contributed by atoms with Crippen molar-refractivity contribution in [1.82, 2.24) is 15.3 Å². The standard InChI is InChI=1S/C20H21N3O3/c1-3-26-18-11-15(9-10-17(18)25-2)20(24)22-13-19-21-12-16(23-19)14-7-5-4-6-8-14/h4-12H,3,13H2,1-2H3,(H,21,23)(H,22,24). The molecule has 0 bridgehead atoms. The van der Waals surface area contributed by atoms with Gasteiger partial charge in [-0.05, 0) is 30.7 Å². The summed E-state index contributed by atoms with van der Waals surface area (Å²) in [5, 5.41) is 2.86. The van der Waals surface area contributed by atoms with Crippen LogP contribution in [0.25, 0.3) is 11.3 Å². The molecule has 0 saturated heterocycles. The summed E-state index contributed by atoms with van der Waals surface area (Å²) in [7, 11) is 1.57. The van der Waals surface area contributed by atoms with E-state index in [9.17, 15) is 4.79 Å². The van der Waals surface area contributed by atoms with Crippen molar-refractivity contribution in [1.29, 1.82) is 0 Å². The molecule has 1 amide bonds. The Hall–Kier alpha value is -3.28. The normalized spacial score (nSPS) is 10.4. The number of ether oxygens (including phenoxy) is 2. The minimum Gasteiger partial charge on any atom is -0.493 e. The molecule has 1 heterocycles. The molecule has 2 aromatic carbocycles. The Labute approximate surface area is 152 Å². The summed E-state index contributed by atoms with van der Waals surface area (Å²) in [6.45, 7) is 2.69. The summed E-state index contributed by atoms with van der Waals surface area (Å²) < 4.78 is 10.7. The van der Waals surface area contributed by atoms with E-state index >= 15 is 0 Å². The number of nitrogens with zero attached hydrogens (tertiary/aromatic N) is 1. The van der Waals surface area contributed by atoms with Crippen LogP contribution in [0.2, 0.25) is 0 Å². The molecule has 3 aromatic rings. The molecule has 1 aromatic heterocycles. The predicted octanol–water partition coefficient (Wildman–Crippen LogP) is 3.41. The van der Waals surface area contributed by atoms with Crippen LogP contribution < -0.4 is 14.8 Å². The highest BCUT2D eigenvalue weighted by atomic mass is 16.5. The summed E-state index contributed by atoms with van der Waals surface area (Å²) in [5.41, 5.74) is 2.47. The minimum absolute atomic E-state index is 0.203. The van der Waals surface area contributed by atoms with Crippen molar-refractivity contribution in [3.05, 3.63) is 66.1 Å². The van der Waals surface area contributed by atoms with E-state index in [4.69, 9.17) is 9.47 Å². The molecule has 0 aliphatic heterocycles. The number of aromatic nitrogens is 2. The topological polar surface area (TPSA) is 76.2 Å². The average molecular weight is 351 g/mol. The van der Waals surface area contributed by atoms with Crippen LogP contribution in [0, 0.1) is 0 Å². The fourth-order valence-corrected chi connectivity index (χ4v) is 2.57. The lowest BCUT2D eigenvalue weighted by Crippen LogP contribution is -2.23. The molecular formula is C20H21N3O3. The Morgan fingerprint density at radius 2 is 1.96 bits per heavy atom. The molecule has 0 aliphatic rings. The molecule has 0 spiro atoms. The molecular weight excluding hydrogens is 330 g/mol. The van der Waals surface area contributed by atoms with Gasteiger partial charge in [-0.25, -0.2) is 4.98 Å². The number of hydrogen-bond acceptors (Lipinski definition) is 4. The van der Waals surface area contributed by atoms with Gasteiger partial charge in [-0.3, -0.25) is 4.79 Å². The van der Waals surface area contributed by atoms with E-state index < -0.39 is 0 Å². The summed E-state index contributed by atoms with van der Waals surface area (Å²) >= 11 is 0. The first-order valence-electron chi connectivity index (χ1n) is 8.39. The van der Waals surface area contributed by atoms with E-state index in [1.807, 2.05) is 37.3 Å². The molecule has 2 N–H and O–H groups in total. The molecule has 0 radical (unpaired) electrons. The third kappa shape index (κ3) is 4.03. The maximum absolute atomic E-state index is 12.4. The number of carbonyl (C=O) groups excluding carboxylic acids is 1. The van der Waals surface area contributed by atoms with Crippen LogP contribution in [0.4, 0.5) is 0 Å². The monoisotopic (exact) mass is 351 g/mol. The van der Waals surface area contributed by atoms with E-state index in [1.54, 1.807) is 31.5 Å². The molecule has 26 heavy (non-hydrogen) atoms. The Morgan fingerprint density at radius 1 is 1.15 bits per heavy atom. The molecule has 6 nitrogen and oxygen atoms in total. The number of hydrogen-bond donors (Lipinski definition) is 2. The molecule has 0 aliphatic carbocycles. The second kappa shape index (κ2) is 8.20. The van der Waals surface area contributed by atoms with Crippen LogP contribution in [0.5, 0.6) is 11.5 Å². The second-order valence-electron chi connectivity index (χ2n) is 5.59. The predicted molar refractivity (Wildman–Crippen MR) is 99.4 cm³/mol. The molecule has 0 saturated carbocycles. The van der Waals surface area contributed by atoms with Gasteiger partial charge in [-0.15, -0.1) is 0 Å². The Morgan fingerprint density at radius 3 is 2.69 bits per heavy atom. The van der Waals surface area contributed by atoms with Gasteiger partial charge in [0, 0.05) is 5.56 Å². The minimum atomic E-state index is -0.203. The first-order valence-corrected chi connectivity index (χ1v) is 8.39. The number of benzene rings is 2. The van der Waals surface area contributed by atoms with Crippen molar-refractivity contribution in [2.24, 2.45) is 0 Å². The average Bonchev–Trinajstić information content (AvgIpc) is 3.16. The van der Waals surface area contributed by atoms with Crippen LogP contribution in [0.1, 0.15) is 23.1 Å². The third-order valence-electron chi connectivity index (χ3n) is 3.86. The number of methoxy groups -OCH3 is 1. The Kier molecular flexibility index (Phi) is 5.53. The maximum atomic E-state index is 12.4. The van der Waals surface area contributed by atoms with Crippen molar-refractivity contribution >= 4 is 5.91 Å². The zero-order chi connectivity index (χ0) is 18.4. The fraction of sp³-hybridized carbons (Fsp3) is 0.200. The molecule has 134 valence electrons. The Bertz CT molecular complexity index is 875. The smallest absolute Gasteiger partial charge is 0.251 e. The molecule has 0 fully saturated rings. The van der Waals surface area contributed by atoms with Gasteiger partial charge in [0.05, 0.1) is 32.2 Å². The van der Waals surface area contributed by atoms with Gasteiger partial charge in [-0.2, -0.15) is 0 Å². The highest BCUT2D eigenvalue weighted by Gasteiger charge is 2.12. The van der Waals surface area contributed by atoms with Crippen LogP contribution in [0.3, 0.4) is 0 Å². The van der Waals surface area contributed by atoms with Crippen molar-refractivity contribution in [2.75, 3.05) is 13.7 Å². The zero-order valence-electron chi connectivity index (χ0n) is 14.8. The van der Waals surface area contributed by atoms with Crippen molar-refractivity contribution in [3.63, 3.8) is 0 Å². The molecule has 6 heteroatoms. The largest absolute Gasteiger partial charge is 0.493 e. The Balaban J connectivity index is 1.66. The van der Waals surface area contributed by atoms with Crippen molar-refractivity contribution in [2.45, 2.75) is 13.5 Å². The maximum Gasteiger partial charge on any atom is 0.251 e. The molecule has 0 atom stereocenters. The van der Waals surface area contributed by atoms with Crippen LogP contribution in [-0.4, -0.2) is 29.6 Å². The van der Waals surface area contributed by atoms with Gasteiger partial charge in [-0.1, -0.05) is 30.3 Å². The number of amides is 1. The first kappa shape index (κ1) is 17.5. The van der Waals surface area contributed by atoms with E-state index in [-0.39, 0.29) is 5.91 Å². The lowest BCUT2D eigenvalue weighted by atomic mass is 10.2. The van der Waals surface area contributed by atoms with E-state index in [0.29, 0.717) is 36.0 Å². The number of rotatable bonds is 7. The van der Waals surface area contributed by atoms with E-state index in [2.05, 4.69) is 15.3 Å². The zero-order valence-corrected chi connectivity index (χ0v) is 14.8. The van der Waals surface area contributed by atoms with Crippen LogP contribution in [0.15, 0.2) is 54.7 Å². The highest BCUT2D eigenvalue weighted by Crippen LogP contribution is 2.28. The number of H-pyrrole nitrogens is 1. The summed E-state index contributed by atoms with van der Waals surface area (Å²) in [5.74, 6) is 1.64. The quantitative estimate of drug-likeness (QED) is 0.684. The van der Waals surface area contributed by atoms with E-state index in [1.165, 1.54) is 0 Å². The van der Waals surface area contributed by atoms with Gasteiger partial charge in [0.25, 0.3) is 5.91 Å². The summed E-state index contributed by atoms with van der Waals surface area (Å²) in [6.07, 6.45) is 1.76. The van der Waals surface area contributed by atoms with Gasteiger partial charge >= 0.3 is 0 Å². The third-order valence-corrected chi connectivity index (χ3v) is 3.86. The number of imidazole rings is 1. The highest BCUT2D eigenvalue weighted by molar-refractivity contribution is 5.94. The lowest BCUT2D eigenvalue weighted by molar-refractivity contribution is 0.0949. The van der Waals surface area contributed by atoms with E-state index in [0.717, 1.165) is 11.3 Å². The van der Waals surface area contributed by atoms with Crippen molar-refractivity contribution in [3.8, 4) is 22.8 Å². The second-order valence-corrected chi connectivity index (χ2v) is 5.59. The van der Waals surface area contributed by atoms with Crippen LogP contribution in [-0.2, 0) is 6.54 Å². The molecule has 3 rings (SSSR count). The number of aromatic amines is 1. The SMILES string of the molecule is CCOc1cc(C(=O)NCc2ncc(-c3ccccc3)[nH]2)ccc1OC. The van der Waals surface area contributed by atoms with Gasteiger partial charge in [0.1, 0.15) is 5.82 Å². The number of carbonyl (C=O) groups is 1. The van der Waals surface area contributed by atoms with Gasteiger partial charge < -0.3 is 19.8 Å². The van der Waals surface area contributed by atoms with Gasteiger partial charge in [0.2, 0.25) is 0 Å². The van der Waals surface area contributed by atoms with Gasteiger partial charge in [0.15, 0.2) is 11.5 Å². The number of nitrogens with one attached hydrogen (secondary N) is 2. The lowest BCUT2D eigenvalue weighted by Gasteiger charge is -2.11. The van der Waals surface area contributed by atoms with Crippen LogP contribution >= 0.6 is 0 Å². The van der Waals surface area contributed by atoms with Crippen molar-refractivity contribution < 1.29 is 14.3 Å². The fourth-order valence-electron chi connectivity index (χ4n) is 2.57. The summed E-state index contributed by atoms with van der Waals surface area (Å²) in [6, 6.07) is 15.0. The first-order chi connectivity index (χ1) is 12.7. The molecule has 0 unspecified atom stereocenters.